The zero-order valence-corrected chi connectivity index (χ0v) is 12.4. The lowest BCUT2D eigenvalue weighted by atomic mass is 10.0. The maximum atomic E-state index is 12.2. The summed E-state index contributed by atoms with van der Waals surface area (Å²) in [4.78, 5) is 16.4. The Morgan fingerprint density at radius 3 is 2.90 bits per heavy atom. The second-order valence-electron chi connectivity index (χ2n) is 5.04. The van der Waals surface area contributed by atoms with E-state index in [0.717, 1.165) is 29.9 Å². The lowest BCUT2D eigenvalue weighted by Gasteiger charge is -2.14. The predicted molar refractivity (Wildman–Crippen MR) is 82.6 cm³/mol. The fourth-order valence-corrected chi connectivity index (χ4v) is 2.16. The third-order valence-corrected chi connectivity index (χ3v) is 3.28. The molecule has 0 aliphatic heterocycles. The minimum absolute atomic E-state index is 0.0392. The normalized spacial score (nSPS) is 12.1. The summed E-state index contributed by atoms with van der Waals surface area (Å²) < 4.78 is 0. The number of hydrogen-bond donors (Lipinski definition) is 3. The first-order chi connectivity index (χ1) is 10.1. The van der Waals surface area contributed by atoms with Gasteiger partial charge in [-0.05, 0) is 25.5 Å². The van der Waals surface area contributed by atoms with Crippen LogP contribution in [0.1, 0.15) is 25.6 Å². The van der Waals surface area contributed by atoms with Gasteiger partial charge in [-0.3, -0.25) is 9.89 Å². The van der Waals surface area contributed by atoms with Gasteiger partial charge in [0.2, 0.25) is 5.91 Å². The van der Waals surface area contributed by atoms with Crippen LogP contribution < -0.4 is 11.1 Å². The number of anilines is 1. The van der Waals surface area contributed by atoms with E-state index in [1.165, 1.54) is 0 Å². The van der Waals surface area contributed by atoms with E-state index in [1.54, 1.807) is 0 Å². The van der Waals surface area contributed by atoms with Crippen LogP contribution >= 0.6 is 0 Å². The molecule has 1 heterocycles. The van der Waals surface area contributed by atoms with Gasteiger partial charge in [-0.1, -0.05) is 25.5 Å². The van der Waals surface area contributed by atoms with Crippen LogP contribution in [0.15, 0.2) is 24.3 Å². The zero-order valence-electron chi connectivity index (χ0n) is 12.4. The smallest absolute Gasteiger partial charge is 0.228 e. The van der Waals surface area contributed by atoms with Crippen molar-refractivity contribution in [2.75, 3.05) is 11.9 Å². The summed E-state index contributed by atoms with van der Waals surface area (Å²) in [5.41, 5.74) is 7.24. The number of rotatable bonds is 6. The molecule has 0 aliphatic rings. The minimum Gasteiger partial charge on any atom is -0.330 e. The van der Waals surface area contributed by atoms with E-state index < -0.39 is 0 Å². The Kier molecular flexibility index (Phi) is 5.05. The summed E-state index contributed by atoms with van der Waals surface area (Å²) in [6.07, 6.45) is 1.73. The van der Waals surface area contributed by atoms with Crippen LogP contribution in [0.3, 0.4) is 0 Å². The van der Waals surface area contributed by atoms with Crippen molar-refractivity contribution in [1.82, 2.24) is 15.2 Å². The summed E-state index contributed by atoms with van der Waals surface area (Å²) in [6.45, 7) is 4.25. The molecule has 6 nitrogen and oxygen atoms in total. The molecule has 1 unspecified atom stereocenters. The Labute approximate surface area is 124 Å². The Hall–Kier alpha value is -2.21. The first kappa shape index (κ1) is 15.2. The molecule has 0 radical (unpaired) electrons. The number of aryl methyl sites for hydroxylation is 1. The number of carbonyl (C=O) groups is 1. The molecule has 4 N–H and O–H groups in total. The summed E-state index contributed by atoms with van der Waals surface area (Å²) in [6, 6.07) is 7.49. The van der Waals surface area contributed by atoms with Gasteiger partial charge < -0.3 is 11.1 Å². The molecule has 1 atom stereocenters. The second-order valence-corrected chi connectivity index (χ2v) is 5.04. The molecule has 0 fully saturated rings. The van der Waals surface area contributed by atoms with Gasteiger partial charge in [0.05, 0.1) is 5.92 Å². The van der Waals surface area contributed by atoms with Gasteiger partial charge in [0.1, 0.15) is 5.82 Å². The van der Waals surface area contributed by atoms with Gasteiger partial charge in [-0.15, -0.1) is 0 Å². The van der Waals surface area contributed by atoms with Gasteiger partial charge in [-0.25, -0.2) is 4.98 Å². The van der Waals surface area contributed by atoms with E-state index in [4.69, 9.17) is 5.73 Å². The molecule has 1 aromatic carbocycles. The van der Waals surface area contributed by atoms with Crippen molar-refractivity contribution in [1.29, 1.82) is 0 Å². The van der Waals surface area contributed by atoms with Gasteiger partial charge in [0.15, 0.2) is 5.82 Å². The average molecular weight is 287 g/mol. The lowest BCUT2D eigenvalue weighted by Crippen LogP contribution is -2.29. The number of aromatic amines is 1. The predicted octanol–water partition coefficient (Wildman–Crippen LogP) is 2.09. The Balaban J connectivity index is 2.12. The van der Waals surface area contributed by atoms with E-state index in [-0.39, 0.29) is 11.8 Å². The summed E-state index contributed by atoms with van der Waals surface area (Å²) in [7, 11) is 0. The zero-order chi connectivity index (χ0) is 15.2. The number of amides is 1. The number of hydrogen-bond acceptors (Lipinski definition) is 4. The minimum atomic E-state index is -0.149. The molecule has 112 valence electrons. The third-order valence-electron chi connectivity index (χ3n) is 3.28. The highest BCUT2D eigenvalue weighted by Crippen LogP contribution is 2.20. The van der Waals surface area contributed by atoms with Crippen LogP contribution in [0, 0.1) is 12.8 Å². The molecule has 21 heavy (non-hydrogen) atoms. The maximum Gasteiger partial charge on any atom is 0.228 e. The molecule has 0 bridgehead atoms. The molecule has 1 aromatic heterocycles. The highest BCUT2D eigenvalue weighted by atomic mass is 16.1. The highest BCUT2D eigenvalue weighted by Gasteiger charge is 2.16. The Morgan fingerprint density at radius 2 is 2.29 bits per heavy atom. The van der Waals surface area contributed by atoms with Gasteiger partial charge in [0.25, 0.3) is 0 Å². The summed E-state index contributed by atoms with van der Waals surface area (Å²) in [5, 5.41) is 9.83. The fraction of sp³-hybridized carbons (Fsp3) is 0.400. The van der Waals surface area contributed by atoms with Crippen molar-refractivity contribution in [2.24, 2.45) is 11.7 Å². The van der Waals surface area contributed by atoms with E-state index in [2.05, 4.69) is 20.5 Å². The Bertz CT molecular complexity index is 608. The van der Waals surface area contributed by atoms with E-state index >= 15 is 0 Å². The second kappa shape index (κ2) is 6.99. The van der Waals surface area contributed by atoms with Crippen LogP contribution in [0.4, 0.5) is 5.69 Å². The number of nitrogens with two attached hydrogens (primary N) is 1. The van der Waals surface area contributed by atoms with E-state index in [1.807, 2.05) is 38.1 Å². The van der Waals surface area contributed by atoms with Crippen molar-refractivity contribution in [3.05, 3.63) is 30.1 Å². The molecular weight excluding hydrogens is 266 g/mol. The van der Waals surface area contributed by atoms with E-state index in [0.29, 0.717) is 12.4 Å². The number of H-pyrrole nitrogens is 1. The molecule has 0 saturated carbocycles. The highest BCUT2D eigenvalue weighted by molar-refractivity contribution is 5.93. The molecule has 2 aromatic rings. The third kappa shape index (κ3) is 3.88. The molecule has 6 heteroatoms. The van der Waals surface area contributed by atoms with Crippen molar-refractivity contribution in [3.8, 4) is 11.4 Å². The maximum absolute atomic E-state index is 12.2. The van der Waals surface area contributed by atoms with Crippen molar-refractivity contribution >= 4 is 11.6 Å². The van der Waals surface area contributed by atoms with Crippen LogP contribution in [-0.2, 0) is 4.79 Å². The fourth-order valence-electron chi connectivity index (χ4n) is 2.16. The van der Waals surface area contributed by atoms with Crippen molar-refractivity contribution in [3.63, 3.8) is 0 Å². The monoisotopic (exact) mass is 287 g/mol. The van der Waals surface area contributed by atoms with Crippen LogP contribution in [0.5, 0.6) is 0 Å². The molecule has 0 aliphatic carbocycles. The van der Waals surface area contributed by atoms with Crippen LogP contribution in [0.25, 0.3) is 11.4 Å². The standard InChI is InChI=1S/C15H21N5O/c1-3-5-12(9-16)15(21)18-13-7-4-6-11(8-13)14-17-10(2)19-20-14/h4,6-8,12H,3,5,9,16H2,1-2H3,(H,18,21)(H,17,19,20). The number of nitrogens with zero attached hydrogens (tertiary/aromatic N) is 2. The van der Waals surface area contributed by atoms with Gasteiger partial charge in [0, 0.05) is 17.8 Å². The molecule has 0 saturated heterocycles. The number of benzene rings is 1. The molecule has 2 rings (SSSR count). The summed E-state index contributed by atoms with van der Waals surface area (Å²) >= 11 is 0. The van der Waals surface area contributed by atoms with Gasteiger partial charge >= 0.3 is 0 Å². The van der Waals surface area contributed by atoms with Gasteiger partial charge in [-0.2, -0.15) is 5.10 Å². The van der Waals surface area contributed by atoms with Crippen molar-refractivity contribution in [2.45, 2.75) is 26.7 Å². The summed E-state index contributed by atoms with van der Waals surface area (Å²) in [5.74, 6) is 1.19. The Morgan fingerprint density at radius 1 is 1.48 bits per heavy atom. The van der Waals surface area contributed by atoms with Crippen LogP contribution in [0.2, 0.25) is 0 Å². The number of carbonyl (C=O) groups excluding carboxylic acids is 1. The molecule has 0 spiro atoms. The number of nitrogens with one attached hydrogen (secondary N) is 2. The first-order valence-electron chi connectivity index (χ1n) is 7.14. The first-order valence-corrected chi connectivity index (χ1v) is 7.14. The van der Waals surface area contributed by atoms with E-state index in [9.17, 15) is 4.79 Å². The van der Waals surface area contributed by atoms with Crippen LogP contribution in [-0.4, -0.2) is 27.6 Å². The quantitative estimate of drug-likeness (QED) is 0.758. The van der Waals surface area contributed by atoms with Crippen molar-refractivity contribution < 1.29 is 4.79 Å². The SMILES string of the molecule is CCCC(CN)C(=O)Nc1cccc(-c2n[nH]c(C)n2)c1. The molecule has 1 amide bonds. The average Bonchev–Trinajstić information content (AvgIpc) is 2.91. The number of aromatic nitrogens is 3. The topological polar surface area (TPSA) is 96.7 Å². The largest absolute Gasteiger partial charge is 0.330 e. The molecular formula is C15H21N5O. The lowest BCUT2D eigenvalue weighted by molar-refractivity contribution is -0.119.